The van der Waals surface area contributed by atoms with Crippen molar-refractivity contribution >= 4 is 5.91 Å². The molecule has 0 aliphatic carbocycles. The van der Waals surface area contributed by atoms with Crippen LogP contribution >= 0.6 is 0 Å². The van der Waals surface area contributed by atoms with Crippen LogP contribution in [0.2, 0.25) is 0 Å². The SMILES string of the molecule is COc1ccccc1OC[C@H](C)NC(=O)c1ccc2c(c1)OCCO2. The molecule has 1 aliphatic rings. The molecular formula is C19H21NO5. The van der Waals surface area contributed by atoms with Gasteiger partial charge in [0.2, 0.25) is 0 Å². The largest absolute Gasteiger partial charge is 0.493 e. The Kier molecular flexibility index (Phi) is 5.28. The van der Waals surface area contributed by atoms with Crippen LogP contribution in [0, 0.1) is 0 Å². The van der Waals surface area contributed by atoms with Crippen LogP contribution in [-0.2, 0) is 0 Å². The minimum absolute atomic E-state index is 0.175. The van der Waals surface area contributed by atoms with Crippen molar-refractivity contribution in [2.45, 2.75) is 13.0 Å². The van der Waals surface area contributed by atoms with Gasteiger partial charge in [0.1, 0.15) is 19.8 Å². The van der Waals surface area contributed by atoms with Crippen LogP contribution in [0.1, 0.15) is 17.3 Å². The van der Waals surface area contributed by atoms with E-state index in [2.05, 4.69) is 5.32 Å². The number of hydrogen-bond acceptors (Lipinski definition) is 5. The smallest absolute Gasteiger partial charge is 0.251 e. The van der Waals surface area contributed by atoms with Crippen LogP contribution in [0.15, 0.2) is 42.5 Å². The summed E-state index contributed by atoms with van der Waals surface area (Å²) in [5.41, 5.74) is 0.522. The van der Waals surface area contributed by atoms with E-state index in [1.54, 1.807) is 25.3 Å². The van der Waals surface area contributed by atoms with Crippen LogP contribution in [0.3, 0.4) is 0 Å². The highest BCUT2D eigenvalue weighted by atomic mass is 16.6. The lowest BCUT2D eigenvalue weighted by atomic mass is 10.1. The molecule has 1 atom stereocenters. The number of ether oxygens (including phenoxy) is 4. The first-order valence-corrected chi connectivity index (χ1v) is 8.13. The van der Waals surface area contributed by atoms with E-state index in [9.17, 15) is 4.79 Å². The summed E-state index contributed by atoms with van der Waals surface area (Å²) in [6, 6.07) is 12.4. The van der Waals surface area contributed by atoms with E-state index in [4.69, 9.17) is 18.9 Å². The van der Waals surface area contributed by atoms with Gasteiger partial charge in [-0.2, -0.15) is 0 Å². The molecule has 3 rings (SSSR count). The quantitative estimate of drug-likeness (QED) is 0.873. The number of rotatable bonds is 6. The highest BCUT2D eigenvalue weighted by Gasteiger charge is 2.16. The molecule has 0 saturated carbocycles. The Morgan fingerprint density at radius 2 is 1.84 bits per heavy atom. The van der Waals surface area contributed by atoms with Crippen molar-refractivity contribution in [3.63, 3.8) is 0 Å². The standard InChI is InChI=1S/C19H21NO5/c1-13(12-25-16-6-4-3-5-15(16)22-2)20-19(21)14-7-8-17-18(11-14)24-10-9-23-17/h3-8,11,13H,9-10,12H2,1-2H3,(H,20,21)/t13-/m0/s1. The van der Waals surface area contributed by atoms with Gasteiger partial charge in [0.05, 0.1) is 13.2 Å². The van der Waals surface area contributed by atoms with Crippen LogP contribution in [0.4, 0.5) is 0 Å². The highest BCUT2D eigenvalue weighted by molar-refractivity contribution is 5.95. The van der Waals surface area contributed by atoms with Gasteiger partial charge in [-0.15, -0.1) is 0 Å². The molecule has 0 radical (unpaired) electrons. The van der Waals surface area contributed by atoms with Gasteiger partial charge in [-0.1, -0.05) is 12.1 Å². The second kappa shape index (κ2) is 7.79. The lowest BCUT2D eigenvalue weighted by Crippen LogP contribution is -2.36. The number of para-hydroxylation sites is 2. The third-order valence-corrected chi connectivity index (χ3v) is 3.74. The molecule has 0 spiro atoms. The van der Waals surface area contributed by atoms with Crippen LogP contribution in [0.5, 0.6) is 23.0 Å². The predicted octanol–water partition coefficient (Wildman–Crippen LogP) is 2.66. The molecule has 0 unspecified atom stereocenters. The lowest BCUT2D eigenvalue weighted by Gasteiger charge is -2.19. The van der Waals surface area contributed by atoms with E-state index >= 15 is 0 Å². The number of methoxy groups -OCH3 is 1. The van der Waals surface area contributed by atoms with Crippen LogP contribution in [0.25, 0.3) is 0 Å². The number of fused-ring (bicyclic) bond motifs is 1. The number of nitrogens with one attached hydrogen (secondary N) is 1. The first kappa shape index (κ1) is 17.0. The van der Waals surface area contributed by atoms with Gasteiger partial charge in [-0.05, 0) is 37.3 Å². The minimum atomic E-state index is -0.187. The molecule has 25 heavy (non-hydrogen) atoms. The summed E-state index contributed by atoms with van der Waals surface area (Å²) in [5, 5.41) is 2.91. The van der Waals surface area contributed by atoms with Gasteiger partial charge in [0.15, 0.2) is 23.0 Å². The average Bonchev–Trinajstić information content (AvgIpc) is 2.66. The van der Waals surface area contributed by atoms with Crippen molar-refractivity contribution in [1.29, 1.82) is 0 Å². The Hall–Kier alpha value is -2.89. The summed E-state index contributed by atoms with van der Waals surface area (Å²) >= 11 is 0. The van der Waals surface area contributed by atoms with Crippen molar-refractivity contribution in [3.8, 4) is 23.0 Å². The monoisotopic (exact) mass is 343 g/mol. The molecule has 6 nitrogen and oxygen atoms in total. The van der Waals surface area contributed by atoms with E-state index in [0.29, 0.717) is 48.4 Å². The fourth-order valence-corrected chi connectivity index (χ4v) is 2.49. The third kappa shape index (κ3) is 4.15. The Morgan fingerprint density at radius 3 is 2.60 bits per heavy atom. The molecule has 2 aromatic rings. The molecule has 132 valence electrons. The Morgan fingerprint density at radius 1 is 1.12 bits per heavy atom. The summed E-state index contributed by atoms with van der Waals surface area (Å²) < 4.78 is 21.9. The maximum Gasteiger partial charge on any atom is 0.251 e. The normalized spacial score (nSPS) is 13.7. The van der Waals surface area contributed by atoms with E-state index in [1.165, 1.54) is 0 Å². The Bertz CT molecular complexity index is 746. The van der Waals surface area contributed by atoms with Crippen molar-refractivity contribution in [1.82, 2.24) is 5.32 Å². The molecule has 6 heteroatoms. The fourth-order valence-electron chi connectivity index (χ4n) is 2.49. The zero-order chi connectivity index (χ0) is 17.6. The van der Waals surface area contributed by atoms with E-state index < -0.39 is 0 Å². The number of hydrogen-bond donors (Lipinski definition) is 1. The molecule has 1 amide bonds. The lowest BCUT2D eigenvalue weighted by molar-refractivity contribution is 0.0925. The van der Waals surface area contributed by atoms with Crippen molar-refractivity contribution < 1.29 is 23.7 Å². The van der Waals surface area contributed by atoms with Gasteiger partial charge in [0.25, 0.3) is 5.91 Å². The maximum atomic E-state index is 12.4. The molecule has 1 aliphatic heterocycles. The summed E-state index contributed by atoms with van der Waals surface area (Å²) in [7, 11) is 1.59. The summed E-state index contributed by atoms with van der Waals surface area (Å²) in [4.78, 5) is 12.4. The minimum Gasteiger partial charge on any atom is -0.493 e. The predicted molar refractivity (Wildman–Crippen MR) is 92.8 cm³/mol. The Labute approximate surface area is 146 Å². The van der Waals surface area contributed by atoms with Crippen molar-refractivity contribution in [2.24, 2.45) is 0 Å². The molecule has 0 fully saturated rings. The Balaban J connectivity index is 1.57. The molecule has 0 bridgehead atoms. The van der Waals surface area contributed by atoms with Crippen LogP contribution in [-0.4, -0.2) is 38.9 Å². The van der Waals surface area contributed by atoms with E-state index in [1.807, 2.05) is 31.2 Å². The van der Waals surface area contributed by atoms with Crippen LogP contribution < -0.4 is 24.3 Å². The van der Waals surface area contributed by atoms with Gasteiger partial charge in [-0.3, -0.25) is 4.79 Å². The zero-order valence-electron chi connectivity index (χ0n) is 14.3. The van der Waals surface area contributed by atoms with Gasteiger partial charge >= 0.3 is 0 Å². The molecule has 0 aromatic heterocycles. The van der Waals surface area contributed by atoms with Crippen molar-refractivity contribution in [2.75, 3.05) is 26.9 Å². The summed E-state index contributed by atoms with van der Waals surface area (Å²) in [6.07, 6.45) is 0. The third-order valence-electron chi connectivity index (χ3n) is 3.74. The molecule has 2 aromatic carbocycles. The topological polar surface area (TPSA) is 66.0 Å². The first-order valence-electron chi connectivity index (χ1n) is 8.13. The number of amides is 1. The van der Waals surface area contributed by atoms with E-state index in [-0.39, 0.29) is 11.9 Å². The maximum absolute atomic E-state index is 12.4. The molecule has 0 saturated heterocycles. The fraction of sp³-hybridized carbons (Fsp3) is 0.316. The second-order valence-electron chi connectivity index (χ2n) is 5.69. The number of benzene rings is 2. The molecular weight excluding hydrogens is 322 g/mol. The summed E-state index contributed by atoms with van der Waals surface area (Å²) in [6.45, 7) is 3.22. The zero-order valence-corrected chi connectivity index (χ0v) is 14.3. The molecule has 1 heterocycles. The van der Waals surface area contributed by atoms with Crippen molar-refractivity contribution in [3.05, 3.63) is 48.0 Å². The number of carbonyl (C=O) groups excluding carboxylic acids is 1. The number of carbonyl (C=O) groups is 1. The first-order chi connectivity index (χ1) is 12.2. The highest BCUT2D eigenvalue weighted by Crippen LogP contribution is 2.30. The van der Waals surface area contributed by atoms with Gasteiger partial charge in [0, 0.05) is 5.56 Å². The summed E-state index contributed by atoms with van der Waals surface area (Å²) in [5.74, 6) is 2.37. The van der Waals surface area contributed by atoms with Gasteiger partial charge < -0.3 is 24.3 Å². The molecule has 1 N–H and O–H groups in total. The average molecular weight is 343 g/mol. The van der Waals surface area contributed by atoms with Gasteiger partial charge in [-0.25, -0.2) is 0 Å². The van der Waals surface area contributed by atoms with E-state index in [0.717, 1.165) is 0 Å². The second-order valence-corrected chi connectivity index (χ2v) is 5.69.